The smallest absolute Gasteiger partial charge is 0.257 e. The molecule has 1 saturated heterocycles. The molecule has 0 spiro atoms. The van der Waals surface area contributed by atoms with Crippen molar-refractivity contribution in [1.82, 2.24) is 14.7 Å². The number of nitrogens with two attached hydrogens (primary N) is 1. The summed E-state index contributed by atoms with van der Waals surface area (Å²) in [5.41, 5.74) is 6.43. The summed E-state index contributed by atoms with van der Waals surface area (Å²) in [5, 5.41) is 4.16. The Hall–Kier alpha value is -2.28. The average molecular weight is 306 g/mol. The van der Waals surface area contributed by atoms with Gasteiger partial charge in [-0.1, -0.05) is 0 Å². The van der Waals surface area contributed by atoms with Crippen LogP contribution in [0.1, 0.15) is 16.8 Å². The van der Waals surface area contributed by atoms with Crippen LogP contribution in [0.25, 0.3) is 11.3 Å². The molecule has 116 valence electrons. The van der Waals surface area contributed by atoms with E-state index < -0.39 is 11.6 Å². The van der Waals surface area contributed by atoms with Crippen molar-refractivity contribution in [1.29, 1.82) is 0 Å². The van der Waals surface area contributed by atoms with Gasteiger partial charge in [-0.05, 0) is 18.6 Å². The standard InChI is InChI=1S/C15H16F2N4O/c1-20-8-12(15(22)21-5-4-10(18)7-21)14(19-20)11-3-2-9(16)6-13(11)17/h2-3,6,8,10H,4-5,7,18H2,1H3. The van der Waals surface area contributed by atoms with Gasteiger partial charge >= 0.3 is 0 Å². The van der Waals surface area contributed by atoms with E-state index in [4.69, 9.17) is 5.73 Å². The fraction of sp³-hybridized carbons (Fsp3) is 0.333. The van der Waals surface area contributed by atoms with Crippen molar-refractivity contribution in [2.24, 2.45) is 12.8 Å². The molecule has 1 aromatic heterocycles. The molecule has 1 atom stereocenters. The number of hydrogen-bond donors (Lipinski definition) is 1. The molecule has 1 fully saturated rings. The maximum atomic E-state index is 14.0. The minimum Gasteiger partial charge on any atom is -0.337 e. The van der Waals surface area contributed by atoms with E-state index in [1.54, 1.807) is 18.1 Å². The Labute approximate surface area is 126 Å². The van der Waals surface area contributed by atoms with Gasteiger partial charge in [0.15, 0.2) is 0 Å². The Morgan fingerprint density at radius 3 is 2.82 bits per heavy atom. The van der Waals surface area contributed by atoms with Crippen molar-refractivity contribution >= 4 is 5.91 Å². The number of carbonyl (C=O) groups excluding carboxylic acids is 1. The van der Waals surface area contributed by atoms with Crippen molar-refractivity contribution in [2.75, 3.05) is 13.1 Å². The summed E-state index contributed by atoms with van der Waals surface area (Å²) >= 11 is 0. The number of amides is 1. The molecule has 3 rings (SSSR count). The van der Waals surface area contributed by atoms with E-state index >= 15 is 0 Å². The molecule has 2 heterocycles. The molecule has 7 heteroatoms. The van der Waals surface area contributed by atoms with Gasteiger partial charge in [-0.15, -0.1) is 0 Å². The zero-order chi connectivity index (χ0) is 15.9. The maximum absolute atomic E-state index is 14.0. The van der Waals surface area contributed by atoms with Gasteiger partial charge in [0.05, 0.1) is 5.56 Å². The van der Waals surface area contributed by atoms with Crippen LogP contribution in [0.15, 0.2) is 24.4 Å². The van der Waals surface area contributed by atoms with E-state index in [0.717, 1.165) is 18.6 Å². The molecule has 1 amide bonds. The van der Waals surface area contributed by atoms with Crippen LogP contribution in [0, 0.1) is 11.6 Å². The lowest BCUT2D eigenvalue weighted by atomic mass is 10.1. The van der Waals surface area contributed by atoms with Crippen molar-refractivity contribution < 1.29 is 13.6 Å². The summed E-state index contributed by atoms with van der Waals surface area (Å²) in [6, 6.07) is 3.18. The fourth-order valence-corrected chi connectivity index (χ4v) is 2.67. The predicted octanol–water partition coefficient (Wildman–Crippen LogP) is 1.54. The first-order valence-corrected chi connectivity index (χ1v) is 6.99. The maximum Gasteiger partial charge on any atom is 0.257 e. The number of benzene rings is 1. The van der Waals surface area contributed by atoms with Crippen LogP contribution in [0.5, 0.6) is 0 Å². The second-order valence-electron chi connectivity index (χ2n) is 5.49. The summed E-state index contributed by atoms with van der Waals surface area (Å²) in [6.45, 7) is 1.04. The first kappa shape index (κ1) is 14.6. The minimum absolute atomic E-state index is 0.0355. The lowest BCUT2D eigenvalue weighted by molar-refractivity contribution is 0.0791. The highest BCUT2D eigenvalue weighted by Gasteiger charge is 2.28. The Kier molecular flexibility index (Phi) is 3.66. The summed E-state index contributed by atoms with van der Waals surface area (Å²) in [4.78, 5) is 14.2. The molecule has 1 aliphatic rings. The number of aromatic nitrogens is 2. The molecule has 0 aliphatic carbocycles. The van der Waals surface area contributed by atoms with Crippen molar-refractivity contribution in [2.45, 2.75) is 12.5 Å². The summed E-state index contributed by atoms with van der Waals surface area (Å²) in [7, 11) is 1.65. The highest BCUT2D eigenvalue weighted by molar-refractivity contribution is 6.00. The molecule has 0 bridgehead atoms. The number of rotatable bonds is 2. The topological polar surface area (TPSA) is 64.2 Å². The third-order valence-corrected chi connectivity index (χ3v) is 3.76. The van der Waals surface area contributed by atoms with Gasteiger partial charge in [0.25, 0.3) is 5.91 Å². The quantitative estimate of drug-likeness (QED) is 0.915. The van der Waals surface area contributed by atoms with E-state index in [1.165, 1.54) is 10.7 Å². The highest BCUT2D eigenvalue weighted by atomic mass is 19.1. The first-order valence-electron chi connectivity index (χ1n) is 6.99. The number of halogens is 2. The van der Waals surface area contributed by atoms with Crippen LogP contribution in [0.4, 0.5) is 8.78 Å². The Bertz CT molecular complexity index is 728. The van der Waals surface area contributed by atoms with E-state index in [0.29, 0.717) is 18.7 Å². The molecule has 1 unspecified atom stereocenters. The summed E-state index contributed by atoms with van der Waals surface area (Å²) < 4.78 is 28.5. The molecule has 2 N–H and O–H groups in total. The zero-order valence-corrected chi connectivity index (χ0v) is 12.1. The normalized spacial score (nSPS) is 18.0. The molecular formula is C15H16F2N4O. The zero-order valence-electron chi connectivity index (χ0n) is 12.1. The van der Waals surface area contributed by atoms with Crippen LogP contribution >= 0.6 is 0 Å². The molecule has 2 aromatic rings. The van der Waals surface area contributed by atoms with Crippen LogP contribution in [-0.4, -0.2) is 39.7 Å². The van der Waals surface area contributed by atoms with Crippen molar-refractivity contribution in [3.05, 3.63) is 41.6 Å². The predicted molar refractivity (Wildman–Crippen MR) is 77.1 cm³/mol. The highest BCUT2D eigenvalue weighted by Crippen LogP contribution is 2.27. The summed E-state index contributed by atoms with van der Waals surface area (Å²) in [6.07, 6.45) is 2.29. The average Bonchev–Trinajstić information content (AvgIpc) is 3.04. The number of hydrogen-bond acceptors (Lipinski definition) is 3. The van der Waals surface area contributed by atoms with E-state index in [-0.39, 0.29) is 23.2 Å². The Morgan fingerprint density at radius 1 is 1.41 bits per heavy atom. The van der Waals surface area contributed by atoms with Crippen molar-refractivity contribution in [3.8, 4) is 11.3 Å². The fourth-order valence-electron chi connectivity index (χ4n) is 2.67. The molecule has 5 nitrogen and oxygen atoms in total. The van der Waals surface area contributed by atoms with Gasteiger partial charge in [-0.3, -0.25) is 9.48 Å². The van der Waals surface area contributed by atoms with Gasteiger partial charge in [0.2, 0.25) is 0 Å². The second kappa shape index (κ2) is 5.49. The van der Waals surface area contributed by atoms with Gasteiger partial charge in [0, 0.05) is 44.0 Å². The minimum atomic E-state index is -0.745. The van der Waals surface area contributed by atoms with E-state index in [2.05, 4.69) is 5.10 Å². The van der Waals surface area contributed by atoms with Gasteiger partial charge in [-0.25, -0.2) is 8.78 Å². The largest absolute Gasteiger partial charge is 0.337 e. The summed E-state index contributed by atoms with van der Waals surface area (Å²) in [5.74, 6) is -1.65. The number of aryl methyl sites for hydroxylation is 1. The SMILES string of the molecule is Cn1cc(C(=O)N2CCC(N)C2)c(-c2ccc(F)cc2F)n1. The molecular weight excluding hydrogens is 290 g/mol. The van der Waals surface area contributed by atoms with Crippen LogP contribution in [-0.2, 0) is 7.05 Å². The third-order valence-electron chi connectivity index (χ3n) is 3.76. The molecule has 1 aromatic carbocycles. The van der Waals surface area contributed by atoms with Crippen LogP contribution < -0.4 is 5.73 Å². The Balaban J connectivity index is 2.01. The number of nitrogens with zero attached hydrogens (tertiary/aromatic N) is 3. The lowest BCUT2D eigenvalue weighted by Crippen LogP contribution is -2.32. The molecule has 22 heavy (non-hydrogen) atoms. The van der Waals surface area contributed by atoms with Gasteiger partial charge < -0.3 is 10.6 Å². The van der Waals surface area contributed by atoms with Crippen LogP contribution in [0.2, 0.25) is 0 Å². The molecule has 1 aliphatic heterocycles. The third kappa shape index (κ3) is 2.59. The van der Waals surface area contributed by atoms with Gasteiger partial charge in [-0.2, -0.15) is 5.10 Å². The first-order chi connectivity index (χ1) is 10.5. The molecule has 0 saturated carbocycles. The lowest BCUT2D eigenvalue weighted by Gasteiger charge is -2.15. The second-order valence-corrected chi connectivity index (χ2v) is 5.49. The Morgan fingerprint density at radius 2 is 2.18 bits per heavy atom. The number of likely N-dealkylation sites (tertiary alicyclic amines) is 1. The van der Waals surface area contributed by atoms with Crippen LogP contribution in [0.3, 0.4) is 0 Å². The number of carbonyl (C=O) groups is 1. The van der Waals surface area contributed by atoms with E-state index in [9.17, 15) is 13.6 Å². The molecule has 0 radical (unpaired) electrons. The van der Waals surface area contributed by atoms with Gasteiger partial charge in [0.1, 0.15) is 17.3 Å². The monoisotopic (exact) mass is 306 g/mol. The van der Waals surface area contributed by atoms with Crippen molar-refractivity contribution in [3.63, 3.8) is 0 Å². The van der Waals surface area contributed by atoms with E-state index in [1.807, 2.05) is 0 Å².